The minimum Gasteiger partial charge on any atom is -0.481 e. The zero-order valence-corrected chi connectivity index (χ0v) is 10.6. The molecule has 0 rings (SSSR count). The molecular weight excluding hydrogens is 276 g/mol. The van der Waals surface area contributed by atoms with Crippen LogP contribution in [0.5, 0.6) is 0 Å². The maximum absolute atomic E-state index is 11.1. The van der Waals surface area contributed by atoms with E-state index in [-0.39, 0.29) is 5.57 Å². The van der Waals surface area contributed by atoms with Crippen LogP contribution in [0.1, 0.15) is 19.8 Å². The second kappa shape index (κ2) is 7.24. The third kappa shape index (κ3) is 5.48. The van der Waals surface area contributed by atoms with Crippen molar-refractivity contribution in [1.82, 2.24) is 0 Å². The van der Waals surface area contributed by atoms with Gasteiger partial charge in [0.15, 0.2) is 12.4 Å². The first-order valence-electron chi connectivity index (χ1n) is 5.24. The van der Waals surface area contributed by atoms with Gasteiger partial charge in [-0.15, -0.1) is 0 Å². The van der Waals surface area contributed by atoms with Gasteiger partial charge in [0.1, 0.15) is 0 Å². The number of rotatable bonds is 9. The van der Waals surface area contributed by atoms with Crippen molar-refractivity contribution in [3.05, 3.63) is 12.2 Å². The van der Waals surface area contributed by atoms with Crippen molar-refractivity contribution in [2.75, 3.05) is 6.79 Å². The average Bonchev–Trinajstić information content (AvgIpc) is 2.26. The number of carboxylic acid groups (broad SMARTS) is 3. The van der Waals surface area contributed by atoms with Crippen LogP contribution in [0.4, 0.5) is 0 Å². The van der Waals surface area contributed by atoms with Crippen molar-refractivity contribution in [2.45, 2.75) is 25.4 Å². The summed E-state index contributed by atoms with van der Waals surface area (Å²) in [4.78, 5) is 43.4. The summed E-state index contributed by atoms with van der Waals surface area (Å²) in [7, 11) is 0. The molecule has 112 valence electrons. The molecule has 3 N–H and O–H groups in total. The summed E-state index contributed by atoms with van der Waals surface area (Å²) in [6, 6.07) is 0. The lowest BCUT2D eigenvalue weighted by atomic mass is 9.95. The highest BCUT2D eigenvalue weighted by atomic mass is 16.7. The number of hydrogen-bond donors (Lipinski definition) is 3. The van der Waals surface area contributed by atoms with Gasteiger partial charge in [0.05, 0.1) is 12.8 Å². The van der Waals surface area contributed by atoms with E-state index in [4.69, 9.17) is 15.3 Å². The number of carbonyl (C=O) groups is 4. The number of ether oxygens (including phenoxy) is 2. The summed E-state index contributed by atoms with van der Waals surface area (Å²) in [5.74, 6) is -5.80. The summed E-state index contributed by atoms with van der Waals surface area (Å²) in [6.45, 7) is 3.70. The van der Waals surface area contributed by atoms with Crippen molar-refractivity contribution in [3.8, 4) is 0 Å². The summed E-state index contributed by atoms with van der Waals surface area (Å²) >= 11 is 0. The van der Waals surface area contributed by atoms with Crippen LogP contribution in [-0.4, -0.2) is 51.6 Å². The zero-order chi connectivity index (χ0) is 15.9. The van der Waals surface area contributed by atoms with E-state index in [0.29, 0.717) is 0 Å². The predicted octanol–water partition coefficient (Wildman–Crippen LogP) is -0.147. The number of aliphatic carboxylic acids is 3. The first-order valence-corrected chi connectivity index (χ1v) is 5.24. The second-order valence-corrected chi connectivity index (χ2v) is 3.91. The summed E-state index contributed by atoms with van der Waals surface area (Å²) < 4.78 is 9.15. The molecule has 0 amide bonds. The molecule has 9 heteroatoms. The number of carboxylic acids is 3. The van der Waals surface area contributed by atoms with Crippen molar-refractivity contribution < 1.29 is 44.0 Å². The molecule has 0 aromatic carbocycles. The van der Waals surface area contributed by atoms with Crippen LogP contribution in [0.3, 0.4) is 0 Å². The maximum Gasteiger partial charge on any atom is 0.337 e. The minimum atomic E-state index is -2.52. The van der Waals surface area contributed by atoms with Crippen LogP contribution in [0.25, 0.3) is 0 Å². The van der Waals surface area contributed by atoms with E-state index in [0.717, 1.165) is 0 Å². The van der Waals surface area contributed by atoms with Gasteiger partial charge in [0.2, 0.25) is 0 Å². The van der Waals surface area contributed by atoms with Gasteiger partial charge in [-0.05, 0) is 6.92 Å². The molecule has 0 aliphatic heterocycles. The molecule has 0 bridgehead atoms. The van der Waals surface area contributed by atoms with Gasteiger partial charge >= 0.3 is 23.9 Å². The highest BCUT2D eigenvalue weighted by molar-refractivity contribution is 5.88. The largest absolute Gasteiger partial charge is 0.481 e. The van der Waals surface area contributed by atoms with E-state index >= 15 is 0 Å². The Balaban J connectivity index is 4.95. The highest BCUT2D eigenvalue weighted by Crippen LogP contribution is 2.22. The van der Waals surface area contributed by atoms with Crippen LogP contribution >= 0.6 is 0 Å². The van der Waals surface area contributed by atoms with Gasteiger partial charge in [-0.3, -0.25) is 9.59 Å². The Labute approximate surface area is 113 Å². The molecule has 9 nitrogen and oxygen atoms in total. The molecule has 0 saturated carbocycles. The van der Waals surface area contributed by atoms with Crippen LogP contribution in [-0.2, 0) is 28.7 Å². The van der Waals surface area contributed by atoms with Gasteiger partial charge in [0, 0.05) is 5.57 Å². The summed E-state index contributed by atoms with van der Waals surface area (Å²) in [5, 5.41) is 26.3. The lowest BCUT2D eigenvalue weighted by Gasteiger charge is -2.26. The number of hydrogen-bond acceptors (Lipinski definition) is 6. The molecule has 0 atom stereocenters. The Kier molecular flexibility index (Phi) is 6.36. The normalized spacial score (nSPS) is 10.7. The fourth-order valence-corrected chi connectivity index (χ4v) is 1.19. The van der Waals surface area contributed by atoms with Gasteiger partial charge in [-0.2, -0.15) is 0 Å². The molecule has 20 heavy (non-hydrogen) atoms. The fourth-order valence-electron chi connectivity index (χ4n) is 1.19. The van der Waals surface area contributed by atoms with E-state index in [1.165, 1.54) is 6.92 Å². The first kappa shape index (κ1) is 17.6. The fraction of sp³-hybridized carbons (Fsp3) is 0.455. The zero-order valence-electron chi connectivity index (χ0n) is 10.6. The van der Waals surface area contributed by atoms with Crippen molar-refractivity contribution in [3.63, 3.8) is 0 Å². The molecule has 0 heterocycles. The van der Waals surface area contributed by atoms with Crippen molar-refractivity contribution >= 4 is 23.9 Å². The molecule has 0 fully saturated rings. The van der Waals surface area contributed by atoms with E-state index in [1.54, 1.807) is 0 Å². The van der Waals surface area contributed by atoms with Crippen LogP contribution in [0.15, 0.2) is 12.2 Å². The molecule has 0 aromatic heterocycles. The van der Waals surface area contributed by atoms with E-state index in [1.807, 2.05) is 0 Å². The molecule has 0 radical (unpaired) electrons. The molecular formula is C11H14O9. The average molecular weight is 290 g/mol. The Morgan fingerprint density at radius 3 is 1.80 bits per heavy atom. The minimum absolute atomic E-state index is 0.0194. The summed E-state index contributed by atoms with van der Waals surface area (Å²) in [6.07, 6.45) is -2.20. The SMILES string of the molecule is C=C(C)C(=O)OCOC(CC(=O)O)(CC(=O)O)C(=O)O. The van der Waals surface area contributed by atoms with Crippen molar-refractivity contribution in [1.29, 1.82) is 0 Å². The third-order valence-corrected chi connectivity index (χ3v) is 2.14. The Morgan fingerprint density at radius 2 is 1.50 bits per heavy atom. The second-order valence-electron chi connectivity index (χ2n) is 3.91. The Morgan fingerprint density at radius 1 is 1.05 bits per heavy atom. The lowest BCUT2D eigenvalue weighted by molar-refractivity contribution is -0.197. The van der Waals surface area contributed by atoms with Crippen molar-refractivity contribution in [2.24, 2.45) is 0 Å². The topological polar surface area (TPSA) is 147 Å². The van der Waals surface area contributed by atoms with Gasteiger partial charge in [-0.25, -0.2) is 9.59 Å². The van der Waals surface area contributed by atoms with Crippen LogP contribution in [0.2, 0.25) is 0 Å². The summed E-state index contributed by atoms with van der Waals surface area (Å²) in [5.41, 5.74) is -2.50. The standard InChI is InChI=1S/C11H14O9/c1-6(2)9(16)19-5-20-11(10(17)18,3-7(12)13)4-8(14)15/h1,3-5H2,2H3,(H,12,13)(H,14,15)(H,17,18). The van der Waals surface area contributed by atoms with E-state index < -0.39 is 49.1 Å². The maximum atomic E-state index is 11.1. The van der Waals surface area contributed by atoms with Crippen LogP contribution < -0.4 is 0 Å². The van der Waals surface area contributed by atoms with Crippen LogP contribution in [0, 0.1) is 0 Å². The van der Waals surface area contributed by atoms with Gasteiger partial charge in [0.25, 0.3) is 0 Å². The highest BCUT2D eigenvalue weighted by Gasteiger charge is 2.44. The Hall–Kier alpha value is -2.42. The monoisotopic (exact) mass is 290 g/mol. The molecule has 0 aliphatic carbocycles. The smallest absolute Gasteiger partial charge is 0.337 e. The Bertz CT molecular complexity index is 421. The third-order valence-electron chi connectivity index (χ3n) is 2.14. The molecule has 0 spiro atoms. The molecule has 0 aromatic rings. The quantitative estimate of drug-likeness (QED) is 0.299. The lowest BCUT2D eigenvalue weighted by Crippen LogP contribution is -2.46. The first-order chi connectivity index (χ1) is 9.10. The van der Waals surface area contributed by atoms with Gasteiger partial charge < -0.3 is 24.8 Å². The molecule has 0 saturated heterocycles. The van der Waals surface area contributed by atoms with Gasteiger partial charge in [-0.1, -0.05) is 6.58 Å². The predicted molar refractivity (Wildman–Crippen MR) is 61.7 cm³/mol. The van der Waals surface area contributed by atoms with E-state index in [2.05, 4.69) is 16.1 Å². The number of carbonyl (C=O) groups excluding carboxylic acids is 1. The molecule has 0 aliphatic rings. The number of esters is 1. The van der Waals surface area contributed by atoms with E-state index in [9.17, 15) is 19.2 Å². The molecule has 0 unspecified atom stereocenters.